The first-order valence-electron chi connectivity index (χ1n) is 13.4. The molecule has 0 bridgehead atoms. The van der Waals surface area contributed by atoms with Gasteiger partial charge in [-0.3, -0.25) is 4.79 Å². The molecule has 0 N–H and O–H groups in total. The monoisotopic (exact) mass is 620 g/mol. The fraction of sp³-hybridized carbons (Fsp3) is 0.393. The molecule has 0 saturated carbocycles. The van der Waals surface area contributed by atoms with Gasteiger partial charge >= 0.3 is 10.1 Å². The van der Waals surface area contributed by atoms with Gasteiger partial charge in [0.05, 0.1) is 28.7 Å². The summed E-state index contributed by atoms with van der Waals surface area (Å²) < 4.78 is 88.6. The molecule has 1 atom stereocenters. The van der Waals surface area contributed by atoms with Crippen LogP contribution in [-0.4, -0.2) is 55.0 Å². The summed E-state index contributed by atoms with van der Waals surface area (Å²) in [5.74, 6) is -1.59. The van der Waals surface area contributed by atoms with Crippen molar-refractivity contribution in [3.63, 3.8) is 0 Å². The Morgan fingerprint density at radius 3 is 2.21 bits per heavy atom. The molecule has 1 fully saturated rings. The van der Waals surface area contributed by atoms with Gasteiger partial charge in [0.2, 0.25) is 21.8 Å². The Labute approximate surface area is 243 Å². The maximum atomic E-state index is 13.9. The number of fused-ring (bicyclic) bond motifs is 1. The lowest BCUT2D eigenvalue weighted by molar-refractivity contribution is -0.129. The quantitative estimate of drug-likeness (QED) is 0.379. The van der Waals surface area contributed by atoms with Crippen LogP contribution in [0.2, 0.25) is 0 Å². The van der Waals surface area contributed by atoms with Crippen LogP contribution in [0.15, 0.2) is 46.2 Å². The molecule has 3 aromatic rings. The van der Waals surface area contributed by atoms with E-state index >= 15 is 0 Å². The Balaban J connectivity index is 1.60. The zero-order chi connectivity index (χ0) is 30.4. The van der Waals surface area contributed by atoms with Crippen molar-refractivity contribution < 1.29 is 34.6 Å². The first-order valence-corrected chi connectivity index (χ1v) is 16.3. The van der Waals surface area contributed by atoms with Gasteiger partial charge < -0.3 is 9.08 Å². The van der Waals surface area contributed by atoms with Crippen LogP contribution in [0.25, 0.3) is 0 Å². The molecule has 0 radical (unpaired) electrons. The Hall–Kier alpha value is -3.49. The van der Waals surface area contributed by atoms with Crippen molar-refractivity contribution in [3.8, 4) is 5.88 Å². The van der Waals surface area contributed by atoms with Gasteiger partial charge in [0, 0.05) is 26.4 Å². The van der Waals surface area contributed by atoms with Crippen molar-refractivity contribution in [2.24, 2.45) is 0 Å². The van der Waals surface area contributed by atoms with Crippen LogP contribution in [0.3, 0.4) is 0 Å². The smallest absolute Gasteiger partial charge is 0.340 e. The highest BCUT2D eigenvalue weighted by atomic mass is 32.2. The van der Waals surface area contributed by atoms with Crippen LogP contribution in [0.4, 0.5) is 8.78 Å². The second-order valence-electron chi connectivity index (χ2n) is 10.5. The summed E-state index contributed by atoms with van der Waals surface area (Å²) in [6, 6.07) is 5.97. The van der Waals surface area contributed by atoms with E-state index in [1.54, 1.807) is 0 Å². The van der Waals surface area contributed by atoms with Crippen LogP contribution in [0, 0.1) is 25.5 Å². The van der Waals surface area contributed by atoms with E-state index in [4.69, 9.17) is 4.18 Å². The van der Waals surface area contributed by atoms with Crippen molar-refractivity contribution in [2.45, 2.75) is 68.8 Å². The van der Waals surface area contributed by atoms with Crippen LogP contribution < -0.4 is 4.18 Å². The number of rotatable bonds is 6. The Kier molecular flexibility index (Phi) is 8.07. The minimum Gasteiger partial charge on any atom is -0.358 e. The standard InChI is InChI=1S/C28H30F2N4O6S2/c1-17-14-20(7-9-23(17)29)41(36,37)34-12-5-4-6-26(34)27-31-25-11-13-33(19(3)35)16-22(25)28(32-27)40-42(38,39)21-8-10-24(30)18(2)15-21/h7-10,14-15,26H,4-6,11-13,16H2,1-3H3/t26-/m1/s1. The van der Waals surface area contributed by atoms with E-state index in [0.717, 1.165) is 24.3 Å². The number of amides is 1. The molecule has 10 nitrogen and oxygen atoms in total. The number of hydrogen-bond donors (Lipinski definition) is 0. The molecular formula is C28H30F2N4O6S2. The number of sulfonamides is 1. The Morgan fingerprint density at radius 1 is 0.929 bits per heavy atom. The molecule has 0 unspecified atom stereocenters. The van der Waals surface area contributed by atoms with Crippen molar-refractivity contribution >= 4 is 26.0 Å². The molecule has 1 aromatic heterocycles. The average molecular weight is 621 g/mol. The minimum absolute atomic E-state index is 0.000217. The summed E-state index contributed by atoms with van der Waals surface area (Å²) in [6.45, 7) is 4.77. The van der Waals surface area contributed by atoms with Gasteiger partial charge in [0.25, 0.3) is 0 Å². The van der Waals surface area contributed by atoms with Gasteiger partial charge in [-0.15, -0.1) is 0 Å². The molecular weight excluding hydrogens is 590 g/mol. The summed E-state index contributed by atoms with van der Waals surface area (Å²) in [7, 11) is -8.59. The number of aromatic nitrogens is 2. The summed E-state index contributed by atoms with van der Waals surface area (Å²) in [5.41, 5.74) is 1.02. The lowest BCUT2D eigenvalue weighted by atomic mass is 10.0. The molecule has 5 rings (SSSR count). The Bertz CT molecular complexity index is 1780. The summed E-state index contributed by atoms with van der Waals surface area (Å²) in [6.07, 6.45) is 1.88. The predicted octanol–water partition coefficient (Wildman–Crippen LogP) is 3.96. The summed E-state index contributed by atoms with van der Waals surface area (Å²) >= 11 is 0. The highest BCUT2D eigenvalue weighted by Crippen LogP contribution is 2.37. The van der Waals surface area contributed by atoms with E-state index in [2.05, 4.69) is 9.97 Å². The third-order valence-electron chi connectivity index (χ3n) is 7.58. The summed E-state index contributed by atoms with van der Waals surface area (Å²) in [5, 5.41) is 0. The maximum absolute atomic E-state index is 13.9. The molecule has 0 spiro atoms. The van der Waals surface area contributed by atoms with Crippen LogP contribution in [-0.2, 0) is 37.9 Å². The second kappa shape index (κ2) is 11.3. The normalized spacial score (nSPS) is 18.0. The van der Waals surface area contributed by atoms with Gasteiger partial charge in [-0.1, -0.05) is 6.42 Å². The lowest BCUT2D eigenvalue weighted by Crippen LogP contribution is -2.40. The zero-order valence-electron chi connectivity index (χ0n) is 23.3. The molecule has 2 aliphatic heterocycles. The largest absolute Gasteiger partial charge is 0.358 e. The van der Waals surface area contributed by atoms with Crippen LogP contribution >= 0.6 is 0 Å². The lowest BCUT2D eigenvalue weighted by Gasteiger charge is -2.35. The van der Waals surface area contributed by atoms with Crippen molar-refractivity contribution in [2.75, 3.05) is 13.1 Å². The van der Waals surface area contributed by atoms with E-state index < -0.39 is 37.8 Å². The second-order valence-corrected chi connectivity index (χ2v) is 13.9. The van der Waals surface area contributed by atoms with Crippen molar-refractivity contribution in [1.82, 2.24) is 19.2 Å². The van der Waals surface area contributed by atoms with E-state index in [-0.39, 0.29) is 58.0 Å². The first kappa shape index (κ1) is 30.0. The molecule has 1 amide bonds. The number of nitrogens with zero attached hydrogens (tertiary/aromatic N) is 4. The van der Waals surface area contributed by atoms with Gasteiger partial charge in [-0.05, 0) is 74.2 Å². The number of halogens is 2. The summed E-state index contributed by atoms with van der Waals surface area (Å²) in [4.78, 5) is 22.4. The maximum Gasteiger partial charge on any atom is 0.340 e. The van der Waals surface area contributed by atoms with Crippen LogP contribution in [0.1, 0.15) is 60.4 Å². The third-order valence-corrected chi connectivity index (χ3v) is 10.7. The molecule has 3 heterocycles. The zero-order valence-corrected chi connectivity index (χ0v) is 24.9. The molecule has 0 aliphatic carbocycles. The highest BCUT2D eigenvalue weighted by Gasteiger charge is 2.38. The topological polar surface area (TPSA) is 127 Å². The highest BCUT2D eigenvalue weighted by molar-refractivity contribution is 7.89. The predicted molar refractivity (Wildman–Crippen MR) is 147 cm³/mol. The number of aryl methyl sites for hydroxylation is 2. The minimum atomic E-state index is -4.49. The van der Waals surface area contributed by atoms with Crippen LogP contribution in [0.5, 0.6) is 5.88 Å². The fourth-order valence-corrected chi connectivity index (χ4v) is 7.92. The van der Waals surface area contributed by atoms with E-state index in [9.17, 15) is 30.4 Å². The molecule has 1 saturated heterocycles. The van der Waals surface area contributed by atoms with E-state index in [1.165, 1.54) is 42.1 Å². The Morgan fingerprint density at radius 2 is 1.57 bits per heavy atom. The van der Waals surface area contributed by atoms with E-state index in [0.29, 0.717) is 37.1 Å². The molecule has 14 heteroatoms. The van der Waals surface area contributed by atoms with Crippen molar-refractivity contribution in [1.29, 1.82) is 0 Å². The van der Waals surface area contributed by atoms with Gasteiger partial charge in [-0.25, -0.2) is 22.2 Å². The third kappa shape index (κ3) is 5.75. The number of benzene rings is 2. The SMILES string of the molecule is CC(=O)N1CCc2nc([C@H]3CCCCN3S(=O)(=O)c3ccc(F)c(C)c3)nc(OS(=O)(=O)c3ccc(F)c(C)c3)c2C1. The molecule has 2 aliphatic rings. The number of carbonyl (C=O) groups excluding carboxylic acids is 1. The van der Waals surface area contributed by atoms with Gasteiger partial charge in [0.15, 0.2) is 5.82 Å². The fourth-order valence-electron chi connectivity index (χ4n) is 5.18. The average Bonchev–Trinajstić information content (AvgIpc) is 2.95. The van der Waals surface area contributed by atoms with Gasteiger partial charge in [0.1, 0.15) is 16.5 Å². The molecule has 2 aromatic carbocycles. The van der Waals surface area contributed by atoms with Gasteiger partial charge in [-0.2, -0.15) is 17.7 Å². The van der Waals surface area contributed by atoms with Crippen molar-refractivity contribution in [3.05, 3.63) is 76.2 Å². The number of carbonyl (C=O) groups is 1. The number of hydrogen-bond acceptors (Lipinski definition) is 8. The molecule has 42 heavy (non-hydrogen) atoms. The molecule has 224 valence electrons. The first-order chi connectivity index (χ1) is 19.8. The van der Waals surface area contributed by atoms with E-state index in [1.807, 2.05) is 0 Å². The number of piperidine rings is 1.